The SMILES string of the molecule is C=C=C=C=C=C(F)C(C(F)=C=C=C=C=C)=C(/C=C/C)c1nnnn1C. The highest BCUT2D eigenvalue weighted by atomic mass is 19.1. The summed E-state index contributed by atoms with van der Waals surface area (Å²) in [4.78, 5) is 0. The molecule has 0 fully saturated rings. The van der Waals surface area contributed by atoms with E-state index in [4.69, 9.17) is 0 Å². The Balaban J connectivity index is 4.09. The Morgan fingerprint density at radius 3 is 2.00 bits per heavy atom. The minimum absolute atomic E-state index is 0.0683. The van der Waals surface area contributed by atoms with E-state index in [2.05, 4.69) is 74.5 Å². The second-order valence-electron chi connectivity index (χ2n) is 4.15. The standard InChI is InChI=1S/C19H12F2N4/c1-5-8-10-13-16(20)18(17(21)14-11-9-6-2)15(12-7-3)19-22-23-24-25(19)4/h7,12H,1-2H2,3-4H3/b12-7+. The van der Waals surface area contributed by atoms with E-state index in [9.17, 15) is 8.78 Å². The second-order valence-corrected chi connectivity index (χ2v) is 4.15. The van der Waals surface area contributed by atoms with E-state index in [0.717, 1.165) is 0 Å². The van der Waals surface area contributed by atoms with Crippen LogP contribution in [-0.4, -0.2) is 20.2 Å². The molecule has 0 saturated carbocycles. The average molecular weight is 334 g/mol. The third-order valence-corrected chi connectivity index (χ3v) is 2.55. The molecule has 0 amide bonds. The summed E-state index contributed by atoms with van der Waals surface area (Å²) in [5, 5.41) is 10.9. The van der Waals surface area contributed by atoms with Crippen molar-refractivity contribution in [2.75, 3.05) is 0 Å². The monoisotopic (exact) mass is 334 g/mol. The zero-order valence-electron chi connectivity index (χ0n) is 13.6. The molecule has 0 N–H and O–H groups in total. The molecule has 0 aromatic carbocycles. The molecule has 0 spiro atoms. The average Bonchev–Trinajstić information content (AvgIpc) is 3.00. The van der Waals surface area contributed by atoms with Crippen molar-refractivity contribution in [3.63, 3.8) is 0 Å². The first kappa shape index (κ1) is 19.2. The Kier molecular flexibility index (Phi) is 7.68. The van der Waals surface area contributed by atoms with E-state index < -0.39 is 17.2 Å². The molecular formula is C19H12F2N4. The van der Waals surface area contributed by atoms with E-state index in [1.54, 1.807) is 13.0 Å². The predicted octanol–water partition coefficient (Wildman–Crippen LogP) is 3.75. The van der Waals surface area contributed by atoms with Gasteiger partial charge in [-0.25, -0.2) is 4.68 Å². The molecule has 0 aliphatic heterocycles. The van der Waals surface area contributed by atoms with Crippen molar-refractivity contribution < 1.29 is 8.78 Å². The number of tetrazole rings is 1. The summed E-state index contributed by atoms with van der Waals surface area (Å²) >= 11 is 0. The molecule has 25 heavy (non-hydrogen) atoms. The van der Waals surface area contributed by atoms with Crippen LogP contribution in [-0.2, 0) is 7.05 Å². The quantitative estimate of drug-likeness (QED) is 0.622. The molecule has 0 atom stereocenters. The van der Waals surface area contributed by atoms with E-state index in [1.165, 1.54) is 17.8 Å². The number of aryl methyl sites for hydroxylation is 1. The number of aromatic nitrogens is 4. The van der Waals surface area contributed by atoms with Crippen LogP contribution < -0.4 is 0 Å². The first-order valence-corrected chi connectivity index (χ1v) is 6.78. The molecule has 1 aromatic heterocycles. The lowest BCUT2D eigenvalue weighted by molar-refractivity contribution is 0.606. The number of rotatable bonds is 4. The first-order valence-electron chi connectivity index (χ1n) is 6.78. The molecule has 0 aliphatic rings. The molecule has 0 saturated heterocycles. The lowest BCUT2D eigenvalue weighted by atomic mass is 10.0. The van der Waals surface area contributed by atoms with Gasteiger partial charge in [-0.15, -0.1) is 5.10 Å². The molecular weight excluding hydrogens is 322 g/mol. The lowest BCUT2D eigenvalue weighted by Crippen LogP contribution is -2.01. The van der Waals surface area contributed by atoms with Crippen molar-refractivity contribution >= 4 is 5.57 Å². The molecule has 0 aliphatic carbocycles. The normalized spacial score (nSPS) is 8.48. The molecule has 122 valence electrons. The molecule has 1 heterocycles. The van der Waals surface area contributed by atoms with Gasteiger partial charge in [0.1, 0.15) is 0 Å². The molecule has 1 aromatic rings. The van der Waals surface area contributed by atoms with Crippen LogP contribution in [0.2, 0.25) is 0 Å². The van der Waals surface area contributed by atoms with Crippen LogP contribution in [0.1, 0.15) is 12.7 Å². The maximum atomic E-state index is 14.6. The smallest absolute Gasteiger partial charge is 0.185 e. The Bertz CT molecular complexity index is 994. The molecule has 4 nitrogen and oxygen atoms in total. The van der Waals surface area contributed by atoms with Gasteiger partial charge in [-0.3, -0.25) is 0 Å². The zero-order chi connectivity index (χ0) is 18.7. The van der Waals surface area contributed by atoms with Gasteiger partial charge in [0.05, 0.1) is 5.57 Å². The van der Waals surface area contributed by atoms with Crippen molar-refractivity contribution in [1.29, 1.82) is 0 Å². The van der Waals surface area contributed by atoms with Crippen molar-refractivity contribution in [1.82, 2.24) is 20.2 Å². The van der Waals surface area contributed by atoms with Crippen LogP contribution in [0.15, 0.2) is 88.4 Å². The summed E-state index contributed by atoms with van der Waals surface area (Å²) < 4.78 is 30.4. The highest BCUT2D eigenvalue weighted by Gasteiger charge is 2.20. The lowest BCUT2D eigenvalue weighted by Gasteiger charge is -2.06. The molecule has 0 bridgehead atoms. The molecule has 6 heteroatoms. The van der Waals surface area contributed by atoms with Gasteiger partial charge in [0.2, 0.25) is 0 Å². The largest absolute Gasteiger partial charge is 0.229 e. The zero-order valence-corrected chi connectivity index (χ0v) is 13.6. The van der Waals surface area contributed by atoms with E-state index in [1.807, 2.05) is 0 Å². The van der Waals surface area contributed by atoms with Gasteiger partial charge in [-0.1, -0.05) is 23.6 Å². The topological polar surface area (TPSA) is 43.6 Å². The predicted molar refractivity (Wildman–Crippen MR) is 89.1 cm³/mol. The summed E-state index contributed by atoms with van der Waals surface area (Å²) in [6.45, 7) is 8.19. The van der Waals surface area contributed by atoms with Gasteiger partial charge >= 0.3 is 0 Å². The van der Waals surface area contributed by atoms with Gasteiger partial charge in [0.15, 0.2) is 17.5 Å². The van der Waals surface area contributed by atoms with Crippen molar-refractivity contribution in [3.8, 4) is 0 Å². The van der Waals surface area contributed by atoms with Crippen molar-refractivity contribution in [3.05, 3.63) is 94.2 Å². The molecule has 0 unspecified atom stereocenters. The van der Waals surface area contributed by atoms with Crippen LogP contribution >= 0.6 is 0 Å². The number of allylic oxidation sites excluding steroid dienone is 6. The van der Waals surface area contributed by atoms with Crippen LogP contribution in [0.5, 0.6) is 0 Å². The summed E-state index contributed by atoms with van der Waals surface area (Å²) in [5.41, 5.74) is 17.3. The minimum atomic E-state index is -1.08. The van der Waals surface area contributed by atoms with E-state index in [-0.39, 0.29) is 11.4 Å². The summed E-state index contributed by atoms with van der Waals surface area (Å²) in [7, 11) is 1.53. The summed E-state index contributed by atoms with van der Waals surface area (Å²) in [6, 6.07) is 0. The Morgan fingerprint density at radius 2 is 1.60 bits per heavy atom. The fraction of sp³-hybridized carbons (Fsp3) is 0.105. The molecule has 1 rings (SSSR count). The van der Waals surface area contributed by atoms with Gasteiger partial charge in [-0.05, 0) is 64.9 Å². The van der Waals surface area contributed by atoms with Crippen LogP contribution in [0.3, 0.4) is 0 Å². The first-order chi connectivity index (χ1) is 12.1. The number of hydrogen-bond donors (Lipinski definition) is 0. The van der Waals surface area contributed by atoms with Crippen LogP contribution in [0.4, 0.5) is 8.78 Å². The second kappa shape index (κ2) is 10.0. The fourth-order valence-corrected chi connectivity index (χ4v) is 1.61. The van der Waals surface area contributed by atoms with E-state index >= 15 is 0 Å². The number of nitrogens with zero attached hydrogens (tertiary/aromatic N) is 4. The van der Waals surface area contributed by atoms with Gasteiger partial charge in [0, 0.05) is 12.6 Å². The summed E-state index contributed by atoms with van der Waals surface area (Å²) in [6.07, 6.45) is 3.03. The van der Waals surface area contributed by atoms with Crippen LogP contribution in [0.25, 0.3) is 5.57 Å². The molecule has 0 radical (unpaired) electrons. The van der Waals surface area contributed by atoms with Crippen molar-refractivity contribution in [2.45, 2.75) is 6.92 Å². The number of hydrogen-bond acceptors (Lipinski definition) is 3. The Morgan fingerprint density at radius 1 is 1.04 bits per heavy atom. The highest BCUT2D eigenvalue weighted by Crippen LogP contribution is 2.30. The number of halogens is 2. The minimum Gasteiger partial charge on any atom is -0.229 e. The van der Waals surface area contributed by atoms with E-state index in [0.29, 0.717) is 0 Å². The highest BCUT2D eigenvalue weighted by molar-refractivity contribution is 5.78. The van der Waals surface area contributed by atoms with Crippen LogP contribution in [0, 0.1) is 0 Å². The maximum Gasteiger partial charge on any atom is 0.185 e. The third kappa shape index (κ3) is 5.36. The fourth-order valence-electron chi connectivity index (χ4n) is 1.61. The van der Waals surface area contributed by atoms with Gasteiger partial charge in [0.25, 0.3) is 0 Å². The Hall–Kier alpha value is -3.87. The van der Waals surface area contributed by atoms with Crippen molar-refractivity contribution in [2.24, 2.45) is 7.05 Å². The third-order valence-electron chi connectivity index (χ3n) is 2.55. The van der Waals surface area contributed by atoms with Gasteiger partial charge in [-0.2, -0.15) is 8.78 Å². The maximum absolute atomic E-state index is 14.6. The Labute approximate surface area is 143 Å². The van der Waals surface area contributed by atoms with Gasteiger partial charge < -0.3 is 0 Å². The summed E-state index contributed by atoms with van der Waals surface area (Å²) in [5.74, 6) is -2.02.